The maximum Gasteiger partial charge on any atom is 0.336 e. The van der Waals surface area contributed by atoms with Crippen LogP contribution in [-0.2, 0) is 9.84 Å². The number of hydrogen-bond donors (Lipinski definition) is 2. The molecule has 7 heteroatoms. The molecule has 0 aromatic rings. The van der Waals surface area contributed by atoms with Crippen LogP contribution in [0.15, 0.2) is 5.10 Å². The fourth-order valence-corrected chi connectivity index (χ4v) is 2.96. The molecule has 0 radical (unpaired) electrons. The second-order valence-corrected chi connectivity index (χ2v) is 5.95. The highest BCUT2D eigenvalue weighted by atomic mass is 32.2. The number of carbonyl (C=O) groups excluding carboxylic acids is 1. The zero-order valence-electron chi connectivity index (χ0n) is 8.78. The van der Waals surface area contributed by atoms with Crippen LogP contribution in [0.5, 0.6) is 0 Å². The standard InChI is InChI=1S/C8H15N3O3S/c1-6(2)10-11-8(12)9-7-4-3-5-15(7,13)14/h7H,3-5H2,1-2H3,(H2,9,11,12). The van der Waals surface area contributed by atoms with Gasteiger partial charge in [-0.3, -0.25) is 0 Å². The Morgan fingerprint density at radius 3 is 2.53 bits per heavy atom. The summed E-state index contributed by atoms with van der Waals surface area (Å²) in [6, 6.07) is -0.577. The van der Waals surface area contributed by atoms with Crippen LogP contribution >= 0.6 is 0 Å². The number of urea groups is 1. The maximum absolute atomic E-state index is 11.4. The van der Waals surface area contributed by atoms with Gasteiger partial charge in [-0.05, 0) is 26.7 Å². The van der Waals surface area contributed by atoms with Crippen LogP contribution in [0.1, 0.15) is 26.7 Å². The Bertz CT molecular complexity index is 371. The number of rotatable bonds is 2. The molecule has 1 rings (SSSR count). The largest absolute Gasteiger partial charge is 0.336 e. The number of hydrazone groups is 1. The van der Waals surface area contributed by atoms with Gasteiger partial charge < -0.3 is 5.32 Å². The van der Waals surface area contributed by atoms with Crippen molar-refractivity contribution in [2.45, 2.75) is 32.1 Å². The van der Waals surface area contributed by atoms with Crippen molar-refractivity contribution >= 4 is 21.6 Å². The summed E-state index contributed by atoms with van der Waals surface area (Å²) in [6.07, 6.45) is 1.08. The molecule has 1 aliphatic heterocycles. The van der Waals surface area contributed by atoms with Gasteiger partial charge in [0.05, 0.1) is 5.75 Å². The van der Waals surface area contributed by atoms with Gasteiger partial charge in [0.25, 0.3) is 0 Å². The molecular weight excluding hydrogens is 218 g/mol. The van der Waals surface area contributed by atoms with E-state index < -0.39 is 21.2 Å². The maximum atomic E-state index is 11.4. The molecule has 1 heterocycles. The summed E-state index contributed by atoms with van der Waals surface area (Å²) in [7, 11) is -3.14. The molecule has 0 spiro atoms. The third kappa shape index (κ3) is 3.50. The molecule has 1 unspecified atom stereocenters. The third-order valence-electron chi connectivity index (χ3n) is 2.00. The Hall–Kier alpha value is -1.11. The lowest BCUT2D eigenvalue weighted by atomic mass is 10.3. The minimum Gasteiger partial charge on any atom is -0.320 e. The number of carbonyl (C=O) groups is 1. The highest BCUT2D eigenvalue weighted by molar-refractivity contribution is 7.92. The number of hydrogen-bond acceptors (Lipinski definition) is 4. The van der Waals surface area contributed by atoms with E-state index in [4.69, 9.17) is 0 Å². The molecule has 86 valence electrons. The zero-order valence-corrected chi connectivity index (χ0v) is 9.60. The molecule has 0 saturated carbocycles. The van der Waals surface area contributed by atoms with Crippen molar-refractivity contribution in [1.82, 2.24) is 10.7 Å². The molecular formula is C8H15N3O3S. The van der Waals surface area contributed by atoms with E-state index >= 15 is 0 Å². The smallest absolute Gasteiger partial charge is 0.320 e. The molecule has 15 heavy (non-hydrogen) atoms. The van der Waals surface area contributed by atoms with Crippen LogP contribution < -0.4 is 10.7 Å². The average molecular weight is 233 g/mol. The Labute approximate surface area is 89.0 Å². The molecule has 1 saturated heterocycles. The Kier molecular flexibility index (Phi) is 3.67. The van der Waals surface area contributed by atoms with Crippen LogP contribution in [0.3, 0.4) is 0 Å². The Morgan fingerprint density at radius 2 is 2.07 bits per heavy atom. The first-order valence-electron chi connectivity index (χ1n) is 4.71. The summed E-state index contributed by atoms with van der Waals surface area (Å²) in [5.41, 5.74) is 2.91. The lowest BCUT2D eigenvalue weighted by Gasteiger charge is -2.10. The van der Waals surface area contributed by atoms with Crippen LogP contribution in [0.2, 0.25) is 0 Å². The van der Waals surface area contributed by atoms with Gasteiger partial charge in [0.1, 0.15) is 5.37 Å². The van der Waals surface area contributed by atoms with Gasteiger partial charge in [-0.1, -0.05) is 0 Å². The van der Waals surface area contributed by atoms with Gasteiger partial charge in [0.15, 0.2) is 9.84 Å². The van der Waals surface area contributed by atoms with Crippen molar-refractivity contribution in [3.63, 3.8) is 0 Å². The molecule has 0 aromatic heterocycles. The van der Waals surface area contributed by atoms with Crippen LogP contribution in [0, 0.1) is 0 Å². The first-order valence-corrected chi connectivity index (χ1v) is 6.42. The van der Waals surface area contributed by atoms with E-state index in [0.717, 1.165) is 0 Å². The Balaban J connectivity index is 2.49. The summed E-state index contributed by atoms with van der Waals surface area (Å²) in [5.74, 6) is 0.147. The Morgan fingerprint density at radius 1 is 1.40 bits per heavy atom. The average Bonchev–Trinajstić information content (AvgIpc) is 2.43. The van der Waals surface area contributed by atoms with Gasteiger partial charge in [-0.25, -0.2) is 18.6 Å². The number of amides is 2. The van der Waals surface area contributed by atoms with E-state index in [1.165, 1.54) is 0 Å². The zero-order chi connectivity index (χ0) is 11.5. The number of sulfone groups is 1. The molecule has 0 aromatic carbocycles. The second-order valence-electron chi connectivity index (χ2n) is 3.64. The van der Waals surface area contributed by atoms with Crippen LogP contribution in [-0.4, -0.2) is 31.3 Å². The van der Waals surface area contributed by atoms with Gasteiger partial charge in [0, 0.05) is 5.71 Å². The molecule has 0 aliphatic carbocycles. The van der Waals surface area contributed by atoms with E-state index in [1.807, 2.05) is 0 Å². The molecule has 2 amide bonds. The summed E-state index contributed by atoms with van der Waals surface area (Å²) < 4.78 is 22.7. The van der Waals surface area contributed by atoms with Gasteiger partial charge >= 0.3 is 6.03 Å². The highest BCUT2D eigenvalue weighted by Gasteiger charge is 2.32. The minimum absolute atomic E-state index is 0.147. The summed E-state index contributed by atoms with van der Waals surface area (Å²) >= 11 is 0. The quantitative estimate of drug-likeness (QED) is 0.528. The molecule has 6 nitrogen and oxygen atoms in total. The summed E-state index contributed by atoms with van der Waals surface area (Å²) in [6.45, 7) is 3.46. The normalized spacial score (nSPS) is 23.2. The lowest BCUT2D eigenvalue weighted by Crippen LogP contribution is -2.42. The van der Waals surface area contributed by atoms with E-state index in [0.29, 0.717) is 18.6 Å². The van der Waals surface area contributed by atoms with Crippen molar-refractivity contribution in [1.29, 1.82) is 0 Å². The molecule has 1 atom stereocenters. The number of nitrogens with one attached hydrogen (secondary N) is 2. The first-order chi connectivity index (χ1) is 6.92. The van der Waals surface area contributed by atoms with Gasteiger partial charge in [-0.15, -0.1) is 0 Å². The van der Waals surface area contributed by atoms with Gasteiger partial charge in [-0.2, -0.15) is 5.10 Å². The third-order valence-corrected chi connectivity index (χ3v) is 4.08. The van der Waals surface area contributed by atoms with Gasteiger partial charge in [0.2, 0.25) is 0 Å². The van der Waals surface area contributed by atoms with Crippen LogP contribution in [0.25, 0.3) is 0 Å². The highest BCUT2D eigenvalue weighted by Crippen LogP contribution is 2.17. The summed E-state index contributed by atoms with van der Waals surface area (Å²) in [5, 5.41) is 5.29. The molecule has 1 aliphatic rings. The first kappa shape index (κ1) is 12.0. The number of nitrogens with zero attached hydrogens (tertiary/aromatic N) is 1. The van der Waals surface area contributed by atoms with Crippen molar-refractivity contribution in [3.8, 4) is 0 Å². The second kappa shape index (κ2) is 4.61. The van der Waals surface area contributed by atoms with Crippen molar-refractivity contribution in [2.75, 3.05) is 5.75 Å². The van der Waals surface area contributed by atoms with Crippen molar-refractivity contribution in [2.24, 2.45) is 5.10 Å². The predicted octanol–water partition coefficient (Wildman–Crippen LogP) is 0.216. The monoisotopic (exact) mass is 233 g/mol. The van der Waals surface area contributed by atoms with E-state index in [2.05, 4.69) is 15.8 Å². The fourth-order valence-electron chi connectivity index (χ4n) is 1.29. The van der Waals surface area contributed by atoms with E-state index in [9.17, 15) is 13.2 Å². The molecule has 1 fully saturated rings. The SMILES string of the molecule is CC(C)=NNC(=O)NC1CCCS1(=O)=O. The predicted molar refractivity (Wildman–Crippen MR) is 57.3 cm³/mol. The lowest BCUT2D eigenvalue weighted by molar-refractivity contribution is 0.240. The topological polar surface area (TPSA) is 87.6 Å². The van der Waals surface area contributed by atoms with Crippen LogP contribution in [0.4, 0.5) is 4.79 Å². The minimum atomic E-state index is -3.14. The molecule has 0 bridgehead atoms. The molecule has 2 N–H and O–H groups in total. The van der Waals surface area contributed by atoms with Crippen molar-refractivity contribution in [3.05, 3.63) is 0 Å². The van der Waals surface area contributed by atoms with E-state index in [-0.39, 0.29) is 5.75 Å². The van der Waals surface area contributed by atoms with Crippen molar-refractivity contribution < 1.29 is 13.2 Å². The van der Waals surface area contributed by atoms with E-state index in [1.54, 1.807) is 13.8 Å². The summed E-state index contributed by atoms with van der Waals surface area (Å²) in [4.78, 5) is 11.2. The fraction of sp³-hybridized carbons (Fsp3) is 0.750.